The molecule has 0 aromatic rings. The molecule has 4 nitrogen and oxygen atoms in total. The van der Waals surface area contributed by atoms with Crippen LogP contribution in [0.1, 0.15) is 12.8 Å². The van der Waals surface area contributed by atoms with Gasteiger partial charge in [0.05, 0.1) is 6.54 Å². The van der Waals surface area contributed by atoms with Crippen LogP contribution in [0.3, 0.4) is 0 Å². The molecule has 0 bridgehead atoms. The first-order valence-corrected chi connectivity index (χ1v) is 5.43. The molecule has 0 aromatic heterocycles. The van der Waals surface area contributed by atoms with Crippen LogP contribution in [-0.4, -0.2) is 55.4 Å². The number of rotatable bonds is 6. The van der Waals surface area contributed by atoms with Crippen molar-refractivity contribution in [1.29, 1.82) is 0 Å². The van der Waals surface area contributed by atoms with Gasteiger partial charge in [-0.2, -0.15) is 0 Å². The molecule has 0 aromatic carbocycles. The van der Waals surface area contributed by atoms with Crippen LogP contribution >= 0.6 is 0 Å². The van der Waals surface area contributed by atoms with Crippen molar-refractivity contribution < 1.29 is 14.3 Å². The van der Waals surface area contributed by atoms with Crippen molar-refractivity contribution in [3.05, 3.63) is 0 Å². The molecule has 5 heteroatoms. The van der Waals surface area contributed by atoms with Crippen LogP contribution in [0.15, 0.2) is 0 Å². The molecule has 0 amide bonds. The number of piperidine rings is 1. The maximum absolute atomic E-state index is 12.1. The van der Waals surface area contributed by atoms with Crippen molar-refractivity contribution in [2.75, 3.05) is 39.4 Å². The second kappa shape index (κ2) is 6.74. The first-order valence-electron chi connectivity index (χ1n) is 5.43. The summed E-state index contributed by atoms with van der Waals surface area (Å²) in [6.45, 7) is 2.80. The fourth-order valence-corrected chi connectivity index (χ4v) is 2.02. The quantitative estimate of drug-likeness (QED) is 0.675. The lowest BCUT2D eigenvalue weighted by Crippen LogP contribution is -2.41. The molecule has 1 saturated heterocycles. The van der Waals surface area contributed by atoms with Crippen molar-refractivity contribution in [1.82, 2.24) is 10.2 Å². The Balaban J connectivity index is 2.15. The highest BCUT2D eigenvalue weighted by atomic mass is 19.1. The minimum absolute atomic E-state index is 0.0135. The standard InChI is InChI=1S/C10H19FN2O2/c11-3-5-13-4-1-2-9(8-13)6-12-7-10(14)15/h9,12H,1-8H2,(H,14,15). The van der Waals surface area contributed by atoms with Gasteiger partial charge < -0.3 is 15.3 Å². The van der Waals surface area contributed by atoms with E-state index in [4.69, 9.17) is 5.11 Å². The number of likely N-dealkylation sites (tertiary alicyclic amines) is 1. The zero-order chi connectivity index (χ0) is 11.1. The number of hydrogen-bond donors (Lipinski definition) is 2. The fraction of sp³-hybridized carbons (Fsp3) is 0.900. The summed E-state index contributed by atoms with van der Waals surface area (Å²) in [7, 11) is 0. The van der Waals surface area contributed by atoms with Gasteiger partial charge in [-0.3, -0.25) is 4.79 Å². The zero-order valence-corrected chi connectivity index (χ0v) is 8.91. The van der Waals surface area contributed by atoms with Crippen molar-refractivity contribution in [2.45, 2.75) is 12.8 Å². The third-order valence-corrected chi connectivity index (χ3v) is 2.71. The Morgan fingerprint density at radius 3 is 3.07 bits per heavy atom. The third-order valence-electron chi connectivity index (χ3n) is 2.71. The van der Waals surface area contributed by atoms with Gasteiger partial charge in [0.15, 0.2) is 0 Å². The maximum Gasteiger partial charge on any atom is 0.317 e. The summed E-state index contributed by atoms with van der Waals surface area (Å²) in [4.78, 5) is 12.4. The van der Waals surface area contributed by atoms with E-state index in [-0.39, 0.29) is 13.2 Å². The Hall–Kier alpha value is -0.680. The normalized spacial score (nSPS) is 22.9. The highest BCUT2D eigenvalue weighted by Crippen LogP contribution is 2.15. The van der Waals surface area contributed by atoms with E-state index in [1.807, 2.05) is 0 Å². The van der Waals surface area contributed by atoms with Crippen LogP contribution in [0.25, 0.3) is 0 Å². The molecule has 0 radical (unpaired) electrons. The summed E-state index contributed by atoms with van der Waals surface area (Å²) in [5.41, 5.74) is 0. The third kappa shape index (κ3) is 5.09. The number of halogens is 1. The van der Waals surface area contributed by atoms with Crippen LogP contribution in [0.4, 0.5) is 4.39 Å². The van der Waals surface area contributed by atoms with Crippen LogP contribution in [0.2, 0.25) is 0 Å². The molecule has 2 N–H and O–H groups in total. The first-order chi connectivity index (χ1) is 7.22. The number of nitrogens with one attached hydrogen (secondary N) is 1. The highest BCUT2D eigenvalue weighted by Gasteiger charge is 2.19. The number of hydrogen-bond acceptors (Lipinski definition) is 3. The van der Waals surface area contributed by atoms with Gasteiger partial charge in [-0.25, -0.2) is 4.39 Å². The van der Waals surface area contributed by atoms with Gasteiger partial charge in [-0.05, 0) is 31.8 Å². The molecule has 1 aliphatic heterocycles. The van der Waals surface area contributed by atoms with E-state index < -0.39 is 5.97 Å². The molecule has 15 heavy (non-hydrogen) atoms. The van der Waals surface area contributed by atoms with Crippen molar-refractivity contribution >= 4 is 5.97 Å². The molecule has 1 rings (SSSR count). The molecule has 1 aliphatic rings. The van der Waals surface area contributed by atoms with Gasteiger partial charge in [0.25, 0.3) is 0 Å². The van der Waals surface area contributed by atoms with Gasteiger partial charge in [-0.15, -0.1) is 0 Å². The minimum Gasteiger partial charge on any atom is -0.480 e. The number of nitrogens with zero attached hydrogens (tertiary/aromatic N) is 1. The molecule has 1 fully saturated rings. The summed E-state index contributed by atoms with van der Waals surface area (Å²) in [5.74, 6) is -0.365. The summed E-state index contributed by atoms with van der Waals surface area (Å²) >= 11 is 0. The van der Waals surface area contributed by atoms with Gasteiger partial charge in [-0.1, -0.05) is 0 Å². The molecule has 0 aliphatic carbocycles. The lowest BCUT2D eigenvalue weighted by atomic mass is 9.98. The van der Waals surface area contributed by atoms with E-state index in [9.17, 15) is 9.18 Å². The van der Waals surface area contributed by atoms with Crippen molar-refractivity contribution in [3.8, 4) is 0 Å². The Morgan fingerprint density at radius 2 is 2.40 bits per heavy atom. The summed E-state index contributed by atoms with van der Waals surface area (Å²) < 4.78 is 12.1. The predicted octanol–water partition coefficient (Wildman–Crippen LogP) is 0.342. The van der Waals surface area contributed by atoms with Gasteiger partial charge in [0.2, 0.25) is 0 Å². The average molecular weight is 218 g/mol. The van der Waals surface area contributed by atoms with E-state index in [1.54, 1.807) is 0 Å². The molecule has 88 valence electrons. The van der Waals surface area contributed by atoms with Crippen molar-refractivity contribution in [2.24, 2.45) is 5.92 Å². The number of carboxylic acids is 1. The van der Waals surface area contributed by atoms with Crippen LogP contribution in [0, 0.1) is 5.92 Å². The van der Waals surface area contributed by atoms with E-state index >= 15 is 0 Å². The lowest BCUT2D eigenvalue weighted by molar-refractivity contribution is -0.136. The second-order valence-corrected chi connectivity index (χ2v) is 4.02. The smallest absolute Gasteiger partial charge is 0.317 e. The summed E-state index contributed by atoms with van der Waals surface area (Å²) in [6, 6.07) is 0. The Labute approximate surface area is 89.4 Å². The zero-order valence-electron chi connectivity index (χ0n) is 8.91. The molecular weight excluding hydrogens is 199 g/mol. The van der Waals surface area contributed by atoms with Crippen LogP contribution < -0.4 is 5.32 Å². The molecule has 1 unspecified atom stereocenters. The monoisotopic (exact) mass is 218 g/mol. The number of carboxylic acid groups (broad SMARTS) is 1. The number of carbonyl (C=O) groups is 1. The summed E-state index contributed by atoms with van der Waals surface area (Å²) in [5, 5.41) is 11.4. The van der Waals surface area contributed by atoms with Crippen LogP contribution in [0.5, 0.6) is 0 Å². The average Bonchev–Trinajstić information content (AvgIpc) is 2.18. The largest absolute Gasteiger partial charge is 0.480 e. The topological polar surface area (TPSA) is 52.6 Å². The fourth-order valence-electron chi connectivity index (χ4n) is 2.02. The lowest BCUT2D eigenvalue weighted by Gasteiger charge is -2.32. The highest BCUT2D eigenvalue weighted by molar-refractivity contribution is 5.68. The maximum atomic E-state index is 12.1. The molecular formula is C10H19FN2O2. The number of aliphatic carboxylic acids is 1. The minimum atomic E-state index is -0.827. The Bertz CT molecular complexity index is 200. The second-order valence-electron chi connectivity index (χ2n) is 4.02. The number of alkyl halides is 1. The Kier molecular flexibility index (Phi) is 5.57. The first kappa shape index (κ1) is 12.4. The summed E-state index contributed by atoms with van der Waals surface area (Å²) in [6.07, 6.45) is 2.19. The predicted molar refractivity (Wildman–Crippen MR) is 55.6 cm³/mol. The van der Waals surface area contributed by atoms with E-state index in [1.165, 1.54) is 0 Å². The van der Waals surface area contributed by atoms with E-state index in [2.05, 4.69) is 10.2 Å². The van der Waals surface area contributed by atoms with E-state index in [0.717, 1.165) is 32.5 Å². The van der Waals surface area contributed by atoms with Gasteiger partial charge >= 0.3 is 5.97 Å². The molecule has 0 spiro atoms. The SMILES string of the molecule is O=C(O)CNCC1CCCN(CCF)C1. The molecule has 1 heterocycles. The molecule has 0 saturated carbocycles. The Morgan fingerprint density at radius 1 is 1.60 bits per heavy atom. The van der Waals surface area contributed by atoms with Gasteiger partial charge in [0, 0.05) is 13.1 Å². The van der Waals surface area contributed by atoms with E-state index in [0.29, 0.717) is 12.5 Å². The van der Waals surface area contributed by atoms with Crippen molar-refractivity contribution in [3.63, 3.8) is 0 Å². The molecule has 1 atom stereocenters. The van der Waals surface area contributed by atoms with Gasteiger partial charge in [0.1, 0.15) is 6.67 Å². The van der Waals surface area contributed by atoms with Crippen LogP contribution in [-0.2, 0) is 4.79 Å².